The Hall–Kier alpha value is -2.08. The Morgan fingerprint density at radius 2 is 1.92 bits per heavy atom. The summed E-state index contributed by atoms with van der Waals surface area (Å²) in [5.74, 6) is -1.77. The van der Waals surface area contributed by atoms with Gasteiger partial charge in [0.05, 0.1) is 18.9 Å². The average Bonchev–Trinajstić information content (AvgIpc) is 2.53. The maximum Gasteiger partial charge on any atom is 0.307 e. The molecule has 7 heteroatoms. The van der Waals surface area contributed by atoms with Crippen LogP contribution in [0.1, 0.15) is 12.0 Å². The van der Waals surface area contributed by atoms with Crippen LogP contribution in [0.15, 0.2) is 24.3 Å². The molecule has 24 heavy (non-hydrogen) atoms. The van der Waals surface area contributed by atoms with Gasteiger partial charge in [0, 0.05) is 19.5 Å². The number of ketones is 1. The summed E-state index contributed by atoms with van der Waals surface area (Å²) in [5.41, 5.74) is 0.837. The summed E-state index contributed by atoms with van der Waals surface area (Å²) in [5, 5.41) is 9.38. The van der Waals surface area contributed by atoms with Gasteiger partial charge in [-0.15, -0.1) is 11.6 Å². The normalized spacial score (nSPS) is 15.5. The number of Topliss-reactive ketones (excluding diaryl/α,β-unsaturated/α-hetero) is 1. The third kappa shape index (κ3) is 4.47. The van der Waals surface area contributed by atoms with E-state index < -0.39 is 11.9 Å². The lowest BCUT2D eigenvalue weighted by atomic mass is 9.86. The van der Waals surface area contributed by atoms with Crippen LogP contribution in [0.25, 0.3) is 0 Å². The summed E-state index contributed by atoms with van der Waals surface area (Å²) in [6.07, 6.45) is 0.247. The topological polar surface area (TPSA) is 83.9 Å². The van der Waals surface area contributed by atoms with Crippen molar-refractivity contribution in [3.63, 3.8) is 0 Å². The van der Waals surface area contributed by atoms with Gasteiger partial charge in [-0.25, -0.2) is 0 Å². The number of carbonyl (C=O) groups is 3. The Kier molecular flexibility index (Phi) is 6.20. The predicted octanol–water partition coefficient (Wildman–Crippen LogP) is 1.59. The van der Waals surface area contributed by atoms with E-state index in [0.717, 1.165) is 5.56 Å². The molecule has 0 aliphatic carbocycles. The largest absolute Gasteiger partial charge is 0.497 e. The first-order chi connectivity index (χ1) is 11.4. The maximum atomic E-state index is 12.2. The summed E-state index contributed by atoms with van der Waals surface area (Å²) in [7, 11) is 1.56. The molecule has 6 nitrogen and oxygen atoms in total. The zero-order chi connectivity index (χ0) is 17.7. The van der Waals surface area contributed by atoms with E-state index in [-0.39, 0.29) is 36.3 Å². The van der Waals surface area contributed by atoms with Crippen LogP contribution in [-0.2, 0) is 20.8 Å². The first-order valence-electron chi connectivity index (χ1n) is 7.66. The molecule has 0 radical (unpaired) electrons. The second-order valence-electron chi connectivity index (χ2n) is 5.89. The number of halogens is 1. The number of carboxylic acid groups (broad SMARTS) is 1. The quantitative estimate of drug-likeness (QED) is 0.717. The monoisotopic (exact) mass is 353 g/mol. The lowest BCUT2D eigenvalue weighted by molar-refractivity contribution is -0.147. The minimum absolute atomic E-state index is 0.0328. The van der Waals surface area contributed by atoms with Crippen molar-refractivity contribution >= 4 is 29.3 Å². The molecule has 0 aromatic heterocycles. The van der Waals surface area contributed by atoms with Crippen LogP contribution >= 0.6 is 11.6 Å². The molecule has 1 fully saturated rings. The number of carbonyl (C=O) groups excluding carboxylic acids is 2. The van der Waals surface area contributed by atoms with Crippen LogP contribution in [0, 0.1) is 11.8 Å². The van der Waals surface area contributed by atoms with Gasteiger partial charge in [-0.2, -0.15) is 0 Å². The number of carboxylic acids is 1. The number of rotatable bonds is 8. The van der Waals surface area contributed by atoms with Crippen molar-refractivity contribution in [1.29, 1.82) is 0 Å². The molecule has 0 saturated carbocycles. The number of nitrogens with zero attached hydrogens (tertiary/aromatic N) is 1. The number of hydrogen-bond donors (Lipinski definition) is 1. The van der Waals surface area contributed by atoms with Crippen molar-refractivity contribution in [2.45, 2.75) is 12.8 Å². The smallest absolute Gasteiger partial charge is 0.307 e. The van der Waals surface area contributed by atoms with Crippen molar-refractivity contribution in [2.75, 3.05) is 26.1 Å². The van der Waals surface area contributed by atoms with Crippen molar-refractivity contribution in [1.82, 2.24) is 4.90 Å². The third-order valence-corrected chi connectivity index (χ3v) is 4.47. The Balaban J connectivity index is 1.90. The van der Waals surface area contributed by atoms with Crippen molar-refractivity contribution in [2.24, 2.45) is 11.8 Å². The molecule has 0 spiro atoms. The van der Waals surface area contributed by atoms with E-state index in [1.54, 1.807) is 31.4 Å². The van der Waals surface area contributed by atoms with Gasteiger partial charge in [0.1, 0.15) is 17.4 Å². The van der Waals surface area contributed by atoms with Crippen LogP contribution < -0.4 is 4.74 Å². The number of methoxy groups -OCH3 is 1. The summed E-state index contributed by atoms with van der Waals surface area (Å²) < 4.78 is 5.07. The van der Waals surface area contributed by atoms with Crippen molar-refractivity contribution < 1.29 is 24.2 Å². The fourth-order valence-corrected chi connectivity index (χ4v) is 2.84. The molecule has 130 valence electrons. The van der Waals surface area contributed by atoms with Crippen molar-refractivity contribution in [3.8, 4) is 5.75 Å². The van der Waals surface area contributed by atoms with Gasteiger partial charge in [0.15, 0.2) is 0 Å². The van der Waals surface area contributed by atoms with E-state index in [1.807, 2.05) is 0 Å². The molecular weight excluding hydrogens is 334 g/mol. The van der Waals surface area contributed by atoms with Crippen molar-refractivity contribution in [3.05, 3.63) is 29.8 Å². The van der Waals surface area contributed by atoms with Gasteiger partial charge in [0.2, 0.25) is 5.91 Å². The van der Waals surface area contributed by atoms with E-state index in [2.05, 4.69) is 0 Å². The van der Waals surface area contributed by atoms with Crippen LogP contribution in [-0.4, -0.2) is 53.7 Å². The Labute approximate surface area is 145 Å². The van der Waals surface area contributed by atoms with Gasteiger partial charge in [0.25, 0.3) is 0 Å². The van der Waals surface area contributed by atoms with E-state index in [9.17, 15) is 19.5 Å². The Morgan fingerprint density at radius 1 is 1.29 bits per heavy atom. The second kappa shape index (κ2) is 8.15. The zero-order valence-corrected chi connectivity index (χ0v) is 14.2. The van der Waals surface area contributed by atoms with Gasteiger partial charge < -0.3 is 14.7 Å². The second-order valence-corrected chi connectivity index (χ2v) is 6.15. The molecule has 1 aromatic carbocycles. The van der Waals surface area contributed by atoms with Crippen LogP contribution in [0.3, 0.4) is 0 Å². The van der Waals surface area contributed by atoms with Gasteiger partial charge in [-0.1, -0.05) is 12.1 Å². The molecule has 1 heterocycles. The molecule has 1 aliphatic heterocycles. The fraction of sp³-hybridized carbons (Fsp3) is 0.471. The Morgan fingerprint density at radius 3 is 2.42 bits per heavy atom. The molecule has 2 rings (SSSR count). The zero-order valence-electron chi connectivity index (χ0n) is 13.4. The minimum atomic E-state index is -0.993. The molecule has 1 saturated heterocycles. The van der Waals surface area contributed by atoms with E-state index in [4.69, 9.17) is 16.3 Å². The predicted molar refractivity (Wildman–Crippen MR) is 88.2 cm³/mol. The lowest BCUT2D eigenvalue weighted by Gasteiger charge is -2.38. The van der Waals surface area contributed by atoms with Gasteiger partial charge in [-0.05, 0) is 24.1 Å². The van der Waals surface area contributed by atoms with Crippen LogP contribution in [0.2, 0.25) is 0 Å². The minimum Gasteiger partial charge on any atom is -0.497 e. The van der Waals surface area contributed by atoms with Gasteiger partial charge >= 0.3 is 5.97 Å². The number of ether oxygens (including phenoxy) is 1. The number of alkyl halides is 1. The maximum absolute atomic E-state index is 12.2. The number of amides is 1. The van der Waals surface area contributed by atoms with E-state index in [0.29, 0.717) is 18.8 Å². The summed E-state index contributed by atoms with van der Waals surface area (Å²) >= 11 is 5.46. The highest BCUT2D eigenvalue weighted by Gasteiger charge is 2.36. The highest BCUT2D eigenvalue weighted by molar-refractivity contribution is 6.27. The van der Waals surface area contributed by atoms with Crippen LogP contribution in [0.4, 0.5) is 0 Å². The summed E-state index contributed by atoms with van der Waals surface area (Å²) in [6.45, 7) is 0.665. The number of hydrogen-bond acceptors (Lipinski definition) is 4. The Bertz CT molecular complexity index is 610. The molecule has 1 amide bonds. The molecular formula is C17H20ClNO5. The first kappa shape index (κ1) is 18.3. The lowest BCUT2D eigenvalue weighted by Crippen LogP contribution is -2.53. The highest BCUT2D eigenvalue weighted by Crippen LogP contribution is 2.23. The molecule has 1 aromatic rings. The van der Waals surface area contributed by atoms with Crippen LogP contribution in [0.5, 0.6) is 5.75 Å². The number of benzene rings is 1. The third-order valence-electron chi connectivity index (χ3n) is 4.24. The molecule has 0 unspecified atom stereocenters. The number of aliphatic carboxylic acids is 1. The molecule has 1 atom stereocenters. The standard InChI is InChI=1S/C17H20ClNO5/c1-24-14-4-2-11(3-5-14)6-12(17(22)23)7-15(20)13-9-19(10-13)16(21)8-18/h2-5,12-13H,6-10H2,1H3,(H,22,23)/t12-/m1/s1. The molecule has 1 N–H and O–H groups in total. The highest BCUT2D eigenvalue weighted by atomic mass is 35.5. The number of likely N-dealkylation sites (tertiary alicyclic amines) is 1. The average molecular weight is 354 g/mol. The fourth-order valence-electron chi connectivity index (χ4n) is 2.67. The molecule has 1 aliphatic rings. The van der Waals surface area contributed by atoms with E-state index >= 15 is 0 Å². The van der Waals surface area contributed by atoms with Gasteiger partial charge in [-0.3, -0.25) is 14.4 Å². The summed E-state index contributed by atoms with van der Waals surface area (Å²) in [4.78, 5) is 36.6. The summed E-state index contributed by atoms with van der Waals surface area (Å²) in [6, 6.07) is 7.11. The first-order valence-corrected chi connectivity index (χ1v) is 8.20. The SMILES string of the molecule is COc1ccc(C[C@H](CC(=O)C2CN(C(=O)CCl)C2)C(=O)O)cc1. The molecule has 0 bridgehead atoms. The van der Waals surface area contributed by atoms with E-state index in [1.165, 1.54) is 4.90 Å².